The summed E-state index contributed by atoms with van der Waals surface area (Å²) < 4.78 is 25.9. The quantitative estimate of drug-likeness (QED) is 0.173. The molecule has 0 aromatic rings. The summed E-state index contributed by atoms with van der Waals surface area (Å²) >= 11 is 0. The van der Waals surface area contributed by atoms with Gasteiger partial charge in [-0.05, 0) is 7.05 Å². The monoisotopic (exact) mass is 485 g/mol. The summed E-state index contributed by atoms with van der Waals surface area (Å²) in [6.45, 7) is 0.575. The van der Waals surface area contributed by atoms with Crippen LogP contribution in [-0.2, 0) is 38.0 Å². The molecule has 2 aliphatic heterocycles. The van der Waals surface area contributed by atoms with E-state index in [1.54, 1.807) is 7.05 Å². The third kappa shape index (κ3) is 8.01. The Labute approximate surface area is 191 Å². The molecule has 0 radical (unpaired) electrons. The van der Waals surface area contributed by atoms with Crippen LogP contribution >= 0.6 is 7.29 Å². The van der Waals surface area contributed by atoms with Gasteiger partial charge in [-0.25, -0.2) is 0 Å². The van der Waals surface area contributed by atoms with Crippen molar-refractivity contribution in [3.8, 4) is 0 Å². The summed E-state index contributed by atoms with van der Waals surface area (Å²) in [6, 6.07) is 0. The van der Waals surface area contributed by atoms with Crippen LogP contribution in [0.1, 0.15) is 6.42 Å². The van der Waals surface area contributed by atoms with E-state index in [0.717, 1.165) is 9.80 Å². The Bertz CT molecular complexity index is 794. The lowest BCUT2D eigenvalue weighted by Crippen LogP contribution is -2.33. The number of hydrogen-bond acceptors (Lipinski definition) is 8. The van der Waals surface area contributed by atoms with E-state index in [9.17, 15) is 28.5 Å². The molecule has 0 aromatic carbocycles. The van der Waals surface area contributed by atoms with Crippen molar-refractivity contribution in [1.29, 1.82) is 0 Å². The van der Waals surface area contributed by atoms with Gasteiger partial charge in [-0.2, -0.15) is 0 Å². The normalized spacial score (nSPS) is 16.2. The fraction of sp³-hybridized carbons (Fsp3) is 0.550. The van der Waals surface area contributed by atoms with Crippen molar-refractivity contribution in [3.05, 3.63) is 24.3 Å². The van der Waals surface area contributed by atoms with Crippen molar-refractivity contribution in [2.45, 2.75) is 6.42 Å². The molecule has 2 aliphatic rings. The predicted octanol–water partition coefficient (Wildman–Crippen LogP) is -0.446. The molecule has 12 nitrogen and oxygen atoms in total. The highest BCUT2D eigenvalue weighted by atomic mass is 31.2. The van der Waals surface area contributed by atoms with Crippen molar-refractivity contribution >= 4 is 36.9 Å². The summed E-state index contributed by atoms with van der Waals surface area (Å²) in [6.07, 6.45) is 4.79. The molecule has 4 amide bonds. The van der Waals surface area contributed by atoms with Gasteiger partial charge in [0.25, 0.3) is 23.6 Å². The van der Waals surface area contributed by atoms with Crippen LogP contribution in [0.2, 0.25) is 0 Å². The maximum absolute atomic E-state index is 13.5. The second-order valence-corrected chi connectivity index (χ2v) is 10.6. The van der Waals surface area contributed by atoms with Gasteiger partial charge in [0.15, 0.2) is 7.29 Å². The Kier molecular flexibility index (Phi) is 10.1. The zero-order valence-electron chi connectivity index (χ0n) is 18.4. The minimum absolute atomic E-state index is 0.0791. The number of imide groups is 2. The minimum Gasteiger partial charge on any atom is -0.481 e. The fourth-order valence-electron chi connectivity index (χ4n) is 3.13. The smallest absolute Gasteiger partial charge is 0.304 e. The van der Waals surface area contributed by atoms with Gasteiger partial charge < -0.3 is 19.1 Å². The van der Waals surface area contributed by atoms with Crippen LogP contribution < -0.4 is 0 Å². The van der Waals surface area contributed by atoms with E-state index in [4.69, 9.17) is 14.6 Å². The number of carbonyl (C=O) groups is 5. The first kappa shape index (κ1) is 26.6. The second kappa shape index (κ2) is 12.5. The number of carboxylic acid groups (broad SMARTS) is 1. The zero-order chi connectivity index (χ0) is 24.4. The van der Waals surface area contributed by atoms with Gasteiger partial charge in [0.2, 0.25) is 0 Å². The Morgan fingerprint density at radius 3 is 1.61 bits per heavy atom. The molecule has 13 heteroatoms. The van der Waals surface area contributed by atoms with E-state index in [1.165, 1.54) is 29.0 Å². The Balaban J connectivity index is 1.77. The van der Waals surface area contributed by atoms with E-state index in [1.807, 2.05) is 0 Å². The Hall–Kier alpha value is -2.66. The fourth-order valence-corrected chi connectivity index (χ4v) is 5.33. The van der Waals surface area contributed by atoms with Gasteiger partial charge in [-0.1, -0.05) is 0 Å². The molecular weight excluding hydrogens is 457 g/mol. The molecular formula is C20H28N3O9P. The molecule has 2 rings (SSSR count). The first-order valence-electron chi connectivity index (χ1n) is 10.4. The van der Waals surface area contributed by atoms with Crippen LogP contribution in [0.25, 0.3) is 0 Å². The highest BCUT2D eigenvalue weighted by Crippen LogP contribution is 2.48. The summed E-state index contributed by atoms with van der Waals surface area (Å²) in [5.41, 5.74) is 0. The molecule has 0 unspecified atom stereocenters. The number of rotatable bonds is 16. The number of carbonyl (C=O) groups excluding carboxylic acids is 4. The number of ether oxygens (including phenoxy) is 2. The van der Waals surface area contributed by atoms with Crippen LogP contribution in [0.4, 0.5) is 0 Å². The highest BCUT2D eigenvalue weighted by molar-refractivity contribution is 7.61. The second-order valence-electron chi connectivity index (χ2n) is 7.37. The van der Waals surface area contributed by atoms with Crippen LogP contribution in [0.15, 0.2) is 24.3 Å². The van der Waals surface area contributed by atoms with Gasteiger partial charge in [0, 0.05) is 43.2 Å². The third-order valence-corrected chi connectivity index (χ3v) is 8.37. The molecule has 33 heavy (non-hydrogen) atoms. The van der Waals surface area contributed by atoms with Crippen molar-refractivity contribution in [1.82, 2.24) is 14.5 Å². The summed E-state index contributed by atoms with van der Waals surface area (Å²) in [5, 5.41) is 8.92. The van der Waals surface area contributed by atoms with E-state index in [2.05, 4.69) is 0 Å². The standard InChI is InChI=1S/C20H28N3O9P/c1-21(7-6-20(28)29)33(30,14-12-31-10-8-22-16(24)2-3-17(22)25)15-13-32-11-9-23-18(26)4-5-19(23)27/h2-5H,6-15H2,1H3,(H,28,29). The van der Waals surface area contributed by atoms with Gasteiger partial charge in [0.1, 0.15) is 0 Å². The molecule has 0 spiro atoms. The maximum atomic E-state index is 13.5. The molecule has 0 saturated heterocycles. The Morgan fingerprint density at radius 1 is 0.848 bits per heavy atom. The van der Waals surface area contributed by atoms with E-state index in [-0.39, 0.29) is 64.8 Å². The SMILES string of the molecule is CN(CCC(=O)O)P(=O)(CCOCCN1C(=O)C=CC1=O)CCOCCN1C(=O)C=CC1=O. The molecule has 1 N–H and O–H groups in total. The first-order chi connectivity index (χ1) is 15.6. The minimum atomic E-state index is -3.05. The molecule has 0 atom stereocenters. The molecule has 0 aliphatic carbocycles. The molecule has 182 valence electrons. The van der Waals surface area contributed by atoms with Gasteiger partial charge in [-0.15, -0.1) is 0 Å². The summed E-state index contributed by atoms with van der Waals surface area (Å²) in [4.78, 5) is 59.1. The Morgan fingerprint density at radius 2 is 1.24 bits per heavy atom. The van der Waals surface area contributed by atoms with Gasteiger partial charge >= 0.3 is 5.97 Å². The largest absolute Gasteiger partial charge is 0.481 e. The van der Waals surface area contributed by atoms with Crippen molar-refractivity contribution in [3.63, 3.8) is 0 Å². The number of aliphatic carboxylic acids is 1. The average molecular weight is 485 g/mol. The van der Waals surface area contributed by atoms with Crippen LogP contribution in [0, 0.1) is 0 Å². The van der Waals surface area contributed by atoms with Crippen molar-refractivity contribution in [2.24, 2.45) is 0 Å². The van der Waals surface area contributed by atoms with Crippen molar-refractivity contribution < 1.29 is 43.1 Å². The van der Waals surface area contributed by atoms with Crippen molar-refractivity contribution in [2.75, 3.05) is 65.4 Å². The predicted molar refractivity (Wildman–Crippen MR) is 116 cm³/mol. The average Bonchev–Trinajstić information content (AvgIpc) is 3.26. The van der Waals surface area contributed by atoms with E-state index < -0.39 is 36.9 Å². The number of hydrogen-bond donors (Lipinski definition) is 1. The number of amides is 4. The molecule has 0 bridgehead atoms. The molecule has 0 fully saturated rings. The lowest BCUT2D eigenvalue weighted by molar-refractivity contribution is -0.139. The number of carboxylic acids is 1. The van der Waals surface area contributed by atoms with Gasteiger partial charge in [-0.3, -0.25) is 38.4 Å². The van der Waals surface area contributed by atoms with E-state index in [0.29, 0.717) is 0 Å². The van der Waals surface area contributed by atoms with E-state index >= 15 is 0 Å². The summed E-state index contributed by atoms with van der Waals surface area (Å²) in [5.74, 6) is -2.65. The summed E-state index contributed by atoms with van der Waals surface area (Å²) in [7, 11) is -1.47. The van der Waals surface area contributed by atoms with Crippen LogP contribution in [0.3, 0.4) is 0 Å². The molecule has 2 heterocycles. The van der Waals surface area contributed by atoms with Crippen LogP contribution in [-0.4, -0.2) is 115 Å². The van der Waals surface area contributed by atoms with Gasteiger partial charge in [0.05, 0.1) is 45.9 Å². The number of nitrogens with zero attached hydrogens (tertiary/aromatic N) is 3. The zero-order valence-corrected chi connectivity index (χ0v) is 19.3. The van der Waals surface area contributed by atoms with Crippen LogP contribution in [0.5, 0.6) is 0 Å². The molecule has 0 aromatic heterocycles. The highest BCUT2D eigenvalue weighted by Gasteiger charge is 2.28. The molecule has 0 saturated carbocycles. The third-order valence-electron chi connectivity index (χ3n) is 5.16. The topological polar surface area (TPSA) is 151 Å². The lowest BCUT2D eigenvalue weighted by atomic mass is 10.4. The maximum Gasteiger partial charge on any atom is 0.304 e. The first-order valence-corrected chi connectivity index (χ1v) is 12.4. The lowest BCUT2D eigenvalue weighted by Gasteiger charge is -2.28.